The largest absolute Gasteiger partial charge is 0.393 e. The molecule has 0 aliphatic carbocycles. The summed E-state index contributed by atoms with van der Waals surface area (Å²) < 4.78 is 0. The molecule has 0 bridgehead atoms. The summed E-state index contributed by atoms with van der Waals surface area (Å²) in [5.41, 5.74) is 0. The zero-order valence-corrected chi connectivity index (χ0v) is 6.01. The zero-order chi connectivity index (χ0) is 7.44. The van der Waals surface area contributed by atoms with Crippen LogP contribution in [0.15, 0.2) is 0 Å². The van der Waals surface area contributed by atoms with E-state index in [1.807, 2.05) is 0 Å². The molecule has 3 nitrogen and oxygen atoms in total. The van der Waals surface area contributed by atoms with Crippen molar-refractivity contribution in [1.29, 1.82) is 0 Å². The number of aliphatic hydroxyl groups excluding tert-OH is 1. The molecule has 2 N–H and O–H groups in total. The molecule has 1 amide bonds. The molecule has 0 spiro atoms. The normalized spacial score (nSPS) is 16.4. The Morgan fingerprint density at radius 2 is 2.00 bits per heavy atom. The van der Waals surface area contributed by atoms with E-state index in [0.717, 1.165) is 0 Å². The van der Waals surface area contributed by atoms with E-state index >= 15 is 0 Å². The number of hydrogen-bond donors (Lipinski definition) is 2. The molecule has 0 aliphatic rings. The van der Waals surface area contributed by atoms with Crippen molar-refractivity contribution in [2.75, 3.05) is 7.05 Å². The molecule has 0 radical (unpaired) electrons. The van der Waals surface area contributed by atoms with Crippen molar-refractivity contribution in [3.05, 3.63) is 0 Å². The summed E-state index contributed by atoms with van der Waals surface area (Å²) in [6.07, 6.45) is -0.565. The van der Waals surface area contributed by atoms with E-state index in [2.05, 4.69) is 5.32 Å². The predicted molar refractivity (Wildman–Crippen MR) is 34.9 cm³/mol. The van der Waals surface area contributed by atoms with Gasteiger partial charge in [-0.1, -0.05) is 6.92 Å². The van der Waals surface area contributed by atoms with E-state index < -0.39 is 6.10 Å². The lowest BCUT2D eigenvalue weighted by Crippen LogP contribution is -2.31. The van der Waals surface area contributed by atoms with Gasteiger partial charge in [-0.2, -0.15) is 0 Å². The number of aliphatic hydroxyl groups is 1. The molecule has 0 aliphatic heterocycles. The lowest BCUT2D eigenvalue weighted by Gasteiger charge is -2.11. The highest BCUT2D eigenvalue weighted by Gasteiger charge is 2.15. The first kappa shape index (κ1) is 8.43. The molecule has 0 saturated heterocycles. The average molecular weight is 131 g/mol. The van der Waals surface area contributed by atoms with Crippen LogP contribution in [0.4, 0.5) is 0 Å². The van der Waals surface area contributed by atoms with Crippen LogP contribution in [-0.2, 0) is 4.79 Å². The minimum Gasteiger partial charge on any atom is -0.393 e. The van der Waals surface area contributed by atoms with Crippen molar-refractivity contribution in [2.45, 2.75) is 20.0 Å². The fourth-order valence-corrected chi connectivity index (χ4v) is 0.447. The summed E-state index contributed by atoms with van der Waals surface area (Å²) in [7, 11) is 1.56. The second-order valence-electron chi connectivity index (χ2n) is 2.14. The van der Waals surface area contributed by atoms with Gasteiger partial charge in [0, 0.05) is 7.05 Å². The van der Waals surface area contributed by atoms with Gasteiger partial charge in [0.25, 0.3) is 0 Å². The fraction of sp³-hybridized carbons (Fsp3) is 0.833. The molecule has 9 heavy (non-hydrogen) atoms. The van der Waals surface area contributed by atoms with E-state index in [4.69, 9.17) is 5.11 Å². The fourth-order valence-electron chi connectivity index (χ4n) is 0.447. The van der Waals surface area contributed by atoms with Crippen LogP contribution < -0.4 is 5.32 Å². The number of nitrogens with one attached hydrogen (secondary N) is 1. The summed E-state index contributed by atoms with van der Waals surface area (Å²) in [6, 6.07) is 0. The summed E-state index contributed by atoms with van der Waals surface area (Å²) in [5, 5.41) is 11.3. The number of amides is 1. The SMILES string of the molecule is CNC(=O)C(C)[C@@H](C)O. The van der Waals surface area contributed by atoms with Crippen molar-refractivity contribution in [3.8, 4) is 0 Å². The summed E-state index contributed by atoms with van der Waals surface area (Å²) in [5.74, 6) is -0.431. The molecule has 3 heteroatoms. The monoisotopic (exact) mass is 131 g/mol. The second kappa shape index (κ2) is 3.45. The van der Waals surface area contributed by atoms with Gasteiger partial charge < -0.3 is 10.4 Å². The lowest BCUT2D eigenvalue weighted by atomic mass is 10.1. The summed E-state index contributed by atoms with van der Waals surface area (Å²) in [6.45, 7) is 3.28. The zero-order valence-electron chi connectivity index (χ0n) is 6.01. The smallest absolute Gasteiger partial charge is 0.225 e. The first-order valence-corrected chi connectivity index (χ1v) is 2.99. The molecular formula is C6H13NO2. The van der Waals surface area contributed by atoms with Crippen LogP contribution in [0.1, 0.15) is 13.8 Å². The van der Waals surface area contributed by atoms with Gasteiger partial charge in [-0.05, 0) is 6.92 Å². The highest BCUT2D eigenvalue weighted by atomic mass is 16.3. The Balaban J connectivity index is 3.72. The second-order valence-corrected chi connectivity index (χ2v) is 2.14. The highest BCUT2D eigenvalue weighted by molar-refractivity contribution is 5.78. The standard InChI is InChI=1S/C6H13NO2/c1-4(5(2)8)6(9)7-3/h4-5,8H,1-3H3,(H,7,9)/t4?,5-/m1/s1. The Hall–Kier alpha value is -0.570. The van der Waals surface area contributed by atoms with Crippen LogP contribution >= 0.6 is 0 Å². The predicted octanol–water partition coefficient (Wildman–Crippen LogP) is -0.251. The van der Waals surface area contributed by atoms with Crippen LogP contribution in [-0.4, -0.2) is 24.2 Å². The van der Waals surface area contributed by atoms with Gasteiger partial charge in [0.1, 0.15) is 0 Å². The van der Waals surface area contributed by atoms with Crippen LogP contribution in [0, 0.1) is 5.92 Å². The molecule has 1 unspecified atom stereocenters. The Bertz CT molecular complexity index is 101. The van der Waals surface area contributed by atoms with Crippen LogP contribution in [0.25, 0.3) is 0 Å². The van der Waals surface area contributed by atoms with E-state index in [9.17, 15) is 4.79 Å². The van der Waals surface area contributed by atoms with Gasteiger partial charge in [0.15, 0.2) is 0 Å². The molecule has 0 aromatic heterocycles. The molecule has 0 aromatic carbocycles. The maximum absolute atomic E-state index is 10.7. The van der Waals surface area contributed by atoms with Crippen molar-refractivity contribution in [2.24, 2.45) is 5.92 Å². The third-order valence-electron chi connectivity index (χ3n) is 1.38. The Morgan fingerprint density at radius 3 is 2.11 bits per heavy atom. The van der Waals surface area contributed by atoms with Gasteiger partial charge in [-0.15, -0.1) is 0 Å². The van der Waals surface area contributed by atoms with Crippen molar-refractivity contribution < 1.29 is 9.90 Å². The summed E-state index contributed by atoms with van der Waals surface area (Å²) >= 11 is 0. The van der Waals surface area contributed by atoms with Gasteiger partial charge >= 0.3 is 0 Å². The Kier molecular flexibility index (Phi) is 3.24. The van der Waals surface area contributed by atoms with Crippen molar-refractivity contribution in [3.63, 3.8) is 0 Å². The topological polar surface area (TPSA) is 49.3 Å². The third kappa shape index (κ3) is 2.46. The van der Waals surface area contributed by atoms with Gasteiger partial charge in [-0.25, -0.2) is 0 Å². The molecule has 0 aromatic rings. The number of carbonyl (C=O) groups excluding carboxylic acids is 1. The Labute approximate surface area is 55.1 Å². The third-order valence-corrected chi connectivity index (χ3v) is 1.38. The molecule has 0 rings (SSSR count). The van der Waals surface area contributed by atoms with E-state index in [1.54, 1.807) is 20.9 Å². The van der Waals surface area contributed by atoms with E-state index in [-0.39, 0.29) is 11.8 Å². The first-order chi connectivity index (χ1) is 4.09. The van der Waals surface area contributed by atoms with Gasteiger partial charge in [0.05, 0.1) is 12.0 Å². The average Bonchev–Trinajstić information content (AvgIpc) is 1.84. The highest BCUT2D eigenvalue weighted by Crippen LogP contribution is 2.00. The van der Waals surface area contributed by atoms with Gasteiger partial charge in [0.2, 0.25) is 5.91 Å². The molecule has 2 atom stereocenters. The molecule has 0 fully saturated rings. The van der Waals surface area contributed by atoms with Crippen LogP contribution in [0.5, 0.6) is 0 Å². The number of carbonyl (C=O) groups is 1. The minimum absolute atomic E-state index is 0.120. The molecule has 54 valence electrons. The van der Waals surface area contributed by atoms with E-state index in [0.29, 0.717) is 0 Å². The first-order valence-electron chi connectivity index (χ1n) is 2.99. The minimum atomic E-state index is -0.565. The maximum Gasteiger partial charge on any atom is 0.225 e. The van der Waals surface area contributed by atoms with E-state index in [1.165, 1.54) is 0 Å². The number of hydrogen-bond acceptors (Lipinski definition) is 2. The summed E-state index contributed by atoms with van der Waals surface area (Å²) in [4.78, 5) is 10.7. The molecule has 0 saturated carbocycles. The van der Waals surface area contributed by atoms with Crippen LogP contribution in [0.3, 0.4) is 0 Å². The van der Waals surface area contributed by atoms with Crippen molar-refractivity contribution in [1.82, 2.24) is 5.32 Å². The quantitative estimate of drug-likeness (QED) is 0.543. The molecular weight excluding hydrogens is 118 g/mol. The van der Waals surface area contributed by atoms with Gasteiger partial charge in [-0.3, -0.25) is 4.79 Å². The maximum atomic E-state index is 10.7. The Morgan fingerprint density at radius 1 is 1.56 bits per heavy atom. The number of rotatable bonds is 2. The van der Waals surface area contributed by atoms with Crippen LogP contribution in [0.2, 0.25) is 0 Å². The van der Waals surface area contributed by atoms with Crippen molar-refractivity contribution >= 4 is 5.91 Å². The lowest BCUT2D eigenvalue weighted by molar-refractivity contribution is -0.126. The molecule has 0 heterocycles.